The summed E-state index contributed by atoms with van der Waals surface area (Å²) in [5.41, 5.74) is 9.43. The second kappa shape index (κ2) is 10.7. The molecule has 0 aliphatic heterocycles. The topological polar surface area (TPSA) is 130 Å². The van der Waals surface area contributed by atoms with E-state index < -0.39 is 11.2 Å². The maximum atomic E-state index is 13.1. The Labute approximate surface area is 239 Å². The van der Waals surface area contributed by atoms with E-state index in [2.05, 4.69) is 20.3 Å². The number of anilines is 2. The van der Waals surface area contributed by atoms with Crippen LogP contribution >= 0.6 is 23.2 Å². The summed E-state index contributed by atoms with van der Waals surface area (Å²) in [7, 11) is 4.55. The number of aryl methyl sites for hydroxylation is 2. The fourth-order valence-electron chi connectivity index (χ4n) is 4.54. The minimum absolute atomic E-state index is 0.188. The summed E-state index contributed by atoms with van der Waals surface area (Å²) < 4.78 is 7.80. The minimum Gasteiger partial charge on any atom is -0.480 e. The molecule has 0 atom stereocenters. The number of hydrogen-bond acceptors (Lipinski definition) is 8. The van der Waals surface area contributed by atoms with Crippen molar-refractivity contribution in [1.82, 2.24) is 24.1 Å². The van der Waals surface area contributed by atoms with Gasteiger partial charge in [0.05, 0.1) is 40.2 Å². The largest absolute Gasteiger partial charge is 0.480 e. The molecule has 0 saturated carbocycles. The number of fused-ring (bicyclic) bond motifs is 1. The van der Waals surface area contributed by atoms with Crippen LogP contribution < -0.4 is 27.0 Å². The third-order valence-corrected chi connectivity index (χ3v) is 7.41. The van der Waals surface area contributed by atoms with E-state index in [1.54, 1.807) is 32.3 Å². The quantitative estimate of drug-likeness (QED) is 0.300. The summed E-state index contributed by atoms with van der Waals surface area (Å²) in [5, 5.41) is 4.26. The maximum Gasteiger partial charge on any atom is 0.330 e. The Balaban J connectivity index is 1.62. The molecule has 0 saturated heterocycles. The van der Waals surface area contributed by atoms with Gasteiger partial charge in [-0.3, -0.25) is 18.9 Å². The van der Waals surface area contributed by atoms with Crippen molar-refractivity contribution < 1.29 is 4.74 Å². The Morgan fingerprint density at radius 1 is 0.975 bits per heavy atom. The molecule has 0 aliphatic carbocycles. The number of hydrogen-bond donors (Lipinski definition) is 2. The van der Waals surface area contributed by atoms with E-state index in [-0.39, 0.29) is 17.7 Å². The molecule has 0 amide bonds. The molecule has 3 aromatic heterocycles. The van der Waals surface area contributed by atoms with Crippen LogP contribution in [0.25, 0.3) is 33.3 Å². The fraction of sp³-hybridized carbons (Fsp3) is 0.179. The van der Waals surface area contributed by atoms with Crippen molar-refractivity contribution in [2.24, 2.45) is 19.8 Å². The SMILES string of the molecule is COc1nc(-c2cccc(-c3cccc(Nc4nc(C)cc5c4c(=O)n(C)c(=O)n5C)c3Cl)c2Cl)cnc1CN. The van der Waals surface area contributed by atoms with E-state index >= 15 is 0 Å². The second-order valence-corrected chi connectivity index (χ2v) is 9.84. The molecule has 0 aliphatic rings. The van der Waals surface area contributed by atoms with Gasteiger partial charge in [-0.1, -0.05) is 53.5 Å². The molecule has 12 heteroatoms. The molecule has 204 valence electrons. The minimum atomic E-state index is -0.465. The molecule has 10 nitrogen and oxygen atoms in total. The van der Waals surface area contributed by atoms with Crippen molar-refractivity contribution in [3.8, 4) is 28.3 Å². The van der Waals surface area contributed by atoms with Crippen LogP contribution in [0.3, 0.4) is 0 Å². The van der Waals surface area contributed by atoms with Gasteiger partial charge in [0.15, 0.2) is 0 Å². The van der Waals surface area contributed by atoms with Crippen LogP contribution in [-0.4, -0.2) is 31.2 Å². The molecule has 0 fully saturated rings. The van der Waals surface area contributed by atoms with Crippen LogP contribution in [0.2, 0.25) is 10.0 Å². The third kappa shape index (κ3) is 4.60. The first-order valence-corrected chi connectivity index (χ1v) is 12.9. The van der Waals surface area contributed by atoms with Crippen LogP contribution in [0.5, 0.6) is 5.88 Å². The number of nitrogens with two attached hydrogens (primary N) is 1. The number of pyridine rings is 1. The summed E-state index contributed by atoms with van der Waals surface area (Å²) >= 11 is 13.8. The van der Waals surface area contributed by atoms with Crippen molar-refractivity contribution in [2.75, 3.05) is 12.4 Å². The number of aromatic nitrogens is 5. The van der Waals surface area contributed by atoms with Crippen LogP contribution in [0.15, 0.2) is 58.3 Å². The lowest BCUT2D eigenvalue weighted by molar-refractivity contribution is 0.390. The van der Waals surface area contributed by atoms with Gasteiger partial charge in [-0.25, -0.2) is 14.8 Å². The lowest BCUT2D eigenvalue weighted by Gasteiger charge is -2.16. The number of nitrogens with zero attached hydrogens (tertiary/aromatic N) is 5. The monoisotopic (exact) mass is 577 g/mol. The fourth-order valence-corrected chi connectivity index (χ4v) is 5.14. The summed E-state index contributed by atoms with van der Waals surface area (Å²) in [6, 6.07) is 12.7. The van der Waals surface area contributed by atoms with Crippen LogP contribution in [0, 0.1) is 6.92 Å². The van der Waals surface area contributed by atoms with Crippen molar-refractivity contribution in [1.29, 1.82) is 0 Å². The molecule has 3 N–H and O–H groups in total. The van der Waals surface area contributed by atoms with Gasteiger partial charge >= 0.3 is 5.69 Å². The van der Waals surface area contributed by atoms with Crippen LogP contribution in [-0.2, 0) is 20.6 Å². The first kappa shape index (κ1) is 27.3. The molecular formula is C28H25Cl2N7O3. The summed E-state index contributed by atoms with van der Waals surface area (Å²) in [4.78, 5) is 39.0. The van der Waals surface area contributed by atoms with E-state index in [4.69, 9.17) is 33.7 Å². The zero-order valence-electron chi connectivity index (χ0n) is 22.1. The number of ether oxygens (including phenoxy) is 1. The van der Waals surface area contributed by atoms with Crippen molar-refractivity contribution in [3.63, 3.8) is 0 Å². The molecule has 40 heavy (non-hydrogen) atoms. The van der Waals surface area contributed by atoms with Gasteiger partial charge < -0.3 is 15.8 Å². The predicted octanol–water partition coefficient (Wildman–Crippen LogP) is 4.58. The molecule has 3 heterocycles. The highest BCUT2D eigenvalue weighted by molar-refractivity contribution is 6.39. The summed E-state index contributed by atoms with van der Waals surface area (Å²) in [6.45, 7) is 1.97. The first-order valence-electron chi connectivity index (χ1n) is 12.2. The van der Waals surface area contributed by atoms with E-state index in [0.29, 0.717) is 60.9 Å². The van der Waals surface area contributed by atoms with Crippen molar-refractivity contribution in [3.05, 3.63) is 90.9 Å². The van der Waals surface area contributed by atoms with Gasteiger partial charge in [0.1, 0.15) is 16.9 Å². The average molecular weight is 578 g/mol. The lowest BCUT2D eigenvalue weighted by Crippen LogP contribution is -2.37. The Morgan fingerprint density at radius 2 is 1.65 bits per heavy atom. The molecule has 0 bridgehead atoms. The van der Waals surface area contributed by atoms with Crippen molar-refractivity contribution in [2.45, 2.75) is 13.5 Å². The molecule has 5 aromatic rings. The van der Waals surface area contributed by atoms with E-state index in [0.717, 1.165) is 4.57 Å². The van der Waals surface area contributed by atoms with E-state index in [9.17, 15) is 9.59 Å². The van der Waals surface area contributed by atoms with Gasteiger partial charge in [0, 0.05) is 43.0 Å². The van der Waals surface area contributed by atoms with Crippen LogP contribution in [0.4, 0.5) is 11.5 Å². The number of rotatable bonds is 6. The Bertz CT molecular complexity index is 1920. The van der Waals surface area contributed by atoms with Gasteiger partial charge in [0.2, 0.25) is 5.88 Å². The predicted molar refractivity (Wildman–Crippen MR) is 158 cm³/mol. The van der Waals surface area contributed by atoms with Gasteiger partial charge in [-0.05, 0) is 19.1 Å². The highest BCUT2D eigenvalue weighted by Gasteiger charge is 2.19. The summed E-state index contributed by atoms with van der Waals surface area (Å²) in [6.07, 6.45) is 1.59. The highest BCUT2D eigenvalue weighted by atomic mass is 35.5. The smallest absolute Gasteiger partial charge is 0.330 e. The maximum absolute atomic E-state index is 13.1. The lowest BCUT2D eigenvalue weighted by atomic mass is 10.0. The van der Waals surface area contributed by atoms with Gasteiger partial charge in [-0.2, -0.15) is 0 Å². The van der Waals surface area contributed by atoms with Gasteiger partial charge in [0.25, 0.3) is 5.56 Å². The molecule has 0 spiro atoms. The van der Waals surface area contributed by atoms with Gasteiger partial charge in [-0.15, -0.1) is 0 Å². The molecule has 2 aromatic carbocycles. The highest BCUT2D eigenvalue weighted by Crippen LogP contribution is 2.42. The molecule has 0 radical (unpaired) electrons. The third-order valence-electron chi connectivity index (χ3n) is 6.60. The molecule has 5 rings (SSSR count). The van der Waals surface area contributed by atoms with E-state index in [1.165, 1.54) is 18.7 Å². The number of methoxy groups -OCH3 is 1. The second-order valence-electron chi connectivity index (χ2n) is 9.09. The van der Waals surface area contributed by atoms with E-state index in [1.807, 2.05) is 30.3 Å². The Kier molecular flexibility index (Phi) is 7.33. The Hall–Kier alpha value is -4.25. The summed E-state index contributed by atoms with van der Waals surface area (Å²) in [5.74, 6) is 0.611. The van der Waals surface area contributed by atoms with Crippen LogP contribution in [0.1, 0.15) is 11.4 Å². The molecule has 0 unspecified atom stereocenters. The number of benzene rings is 2. The molecular weight excluding hydrogens is 553 g/mol. The average Bonchev–Trinajstić information content (AvgIpc) is 2.95. The number of nitrogens with one attached hydrogen (secondary N) is 1. The zero-order chi connectivity index (χ0) is 28.7. The van der Waals surface area contributed by atoms with Crippen molar-refractivity contribution >= 4 is 45.6 Å². The first-order chi connectivity index (χ1) is 19.2. The normalized spacial score (nSPS) is 11.2. The Morgan fingerprint density at radius 3 is 2.35 bits per heavy atom. The standard InChI is InChI=1S/C28H25Cl2N7O3/c1-14-11-21-22(27(38)37(3)28(39)36(21)2)25(33-14)34-18-10-6-8-16(24(18)30)15-7-5-9-17(23(15)29)20-13-32-19(12-31)26(35-20)40-4/h5-11,13H,12,31H2,1-4H3,(H,33,34). The number of halogens is 2. The zero-order valence-corrected chi connectivity index (χ0v) is 23.6.